The van der Waals surface area contributed by atoms with Gasteiger partial charge in [-0.3, -0.25) is 0 Å². The summed E-state index contributed by atoms with van der Waals surface area (Å²) in [5.41, 5.74) is 0.892. The molecular weight excluding hydrogens is 286 g/mol. The van der Waals surface area contributed by atoms with Crippen LogP contribution in [-0.4, -0.2) is 26.5 Å². The van der Waals surface area contributed by atoms with Gasteiger partial charge < -0.3 is 10.3 Å². The lowest BCUT2D eigenvalue weighted by atomic mass is 9.83. The van der Waals surface area contributed by atoms with E-state index in [0.29, 0.717) is 29.8 Å². The fourth-order valence-corrected chi connectivity index (χ4v) is 4.13. The van der Waals surface area contributed by atoms with Crippen LogP contribution >= 0.6 is 0 Å². The first kappa shape index (κ1) is 16.5. The van der Waals surface area contributed by atoms with Crippen molar-refractivity contribution < 1.29 is 8.42 Å². The van der Waals surface area contributed by atoms with Crippen LogP contribution in [0, 0.1) is 11.8 Å². The van der Waals surface area contributed by atoms with Gasteiger partial charge in [-0.05, 0) is 37.3 Å². The highest BCUT2D eigenvalue weighted by Crippen LogP contribution is 2.28. The molecule has 0 bridgehead atoms. The molecule has 1 aliphatic carbocycles. The highest BCUT2D eigenvalue weighted by Gasteiger charge is 2.22. The zero-order valence-corrected chi connectivity index (χ0v) is 13.8. The number of rotatable bonds is 7. The van der Waals surface area contributed by atoms with Crippen molar-refractivity contribution in [3.05, 3.63) is 18.0 Å². The average molecular weight is 313 g/mol. The van der Waals surface area contributed by atoms with Crippen molar-refractivity contribution in [1.29, 1.82) is 0 Å². The highest BCUT2D eigenvalue weighted by atomic mass is 32.2. The minimum Gasteiger partial charge on any atom is -0.363 e. The van der Waals surface area contributed by atoms with Crippen molar-refractivity contribution in [3.8, 4) is 0 Å². The molecule has 1 heterocycles. The van der Waals surface area contributed by atoms with Crippen LogP contribution in [0.1, 0.15) is 45.2 Å². The van der Waals surface area contributed by atoms with E-state index >= 15 is 0 Å². The van der Waals surface area contributed by atoms with Gasteiger partial charge in [0, 0.05) is 25.0 Å². The molecule has 0 aliphatic heterocycles. The number of H-pyrrole nitrogens is 1. The number of aromatic amines is 1. The van der Waals surface area contributed by atoms with Crippen LogP contribution in [0.3, 0.4) is 0 Å². The summed E-state index contributed by atoms with van der Waals surface area (Å²) in [4.78, 5) is 3.34. The molecule has 0 aromatic carbocycles. The van der Waals surface area contributed by atoms with Crippen molar-refractivity contribution in [1.82, 2.24) is 15.0 Å². The average Bonchev–Trinajstić information content (AvgIpc) is 2.93. The summed E-state index contributed by atoms with van der Waals surface area (Å²) >= 11 is 0. The first-order valence-corrected chi connectivity index (χ1v) is 9.37. The maximum absolute atomic E-state index is 12.3. The lowest BCUT2D eigenvalue weighted by Crippen LogP contribution is -2.31. The Labute approximate surface area is 128 Å². The molecule has 120 valence electrons. The Morgan fingerprint density at radius 3 is 2.90 bits per heavy atom. The Bertz CT molecular complexity index is 539. The predicted octanol–water partition coefficient (Wildman–Crippen LogP) is 2.23. The van der Waals surface area contributed by atoms with Gasteiger partial charge in [-0.1, -0.05) is 26.7 Å². The summed E-state index contributed by atoms with van der Waals surface area (Å²) in [7, 11) is -3.39. The van der Waals surface area contributed by atoms with Crippen LogP contribution in [-0.2, 0) is 16.6 Å². The summed E-state index contributed by atoms with van der Waals surface area (Å²) in [6.07, 6.45) is 6.31. The van der Waals surface area contributed by atoms with Crippen LogP contribution in [0.2, 0.25) is 0 Å². The molecule has 5 nitrogen and oxygen atoms in total. The predicted molar refractivity (Wildman–Crippen MR) is 84.5 cm³/mol. The number of aromatic nitrogens is 1. The van der Waals surface area contributed by atoms with Crippen LogP contribution < -0.4 is 10.0 Å². The van der Waals surface area contributed by atoms with Crippen LogP contribution in [0.4, 0.5) is 0 Å². The lowest BCUT2D eigenvalue weighted by Gasteiger charge is -2.26. The smallest absolute Gasteiger partial charge is 0.242 e. The quantitative estimate of drug-likeness (QED) is 0.722. The Hall–Kier alpha value is -0.850. The second-order valence-corrected chi connectivity index (χ2v) is 7.90. The van der Waals surface area contributed by atoms with E-state index in [1.165, 1.54) is 12.8 Å². The third-order valence-electron chi connectivity index (χ3n) is 4.20. The third-order valence-corrected chi connectivity index (χ3v) is 5.60. The second-order valence-electron chi connectivity index (χ2n) is 6.13. The molecule has 0 saturated heterocycles. The Morgan fingerprint density at radius 1 is 1.38 bits per heavy atom. The van der Waals surface area contributed by atoms with Crippen LogP contribution in [0.25, 0.3) is 0 Å². The maximum Gasteiger partial charge on any atom is 0.242 e. The molecule has 6 heteroatoms. The largest absolute Gasteiger partial charge is 0.363 e. The molecule has 21 heavy (non-hydrogen) atoms. The van der Waals surface area contributed by atoms with E-state index in [4.69, 9.17) is 0 Å². The van der Waals surface area contributed by atoms with E-state index in [1.807, 2.05) is 6.92 Å². The zero-order valence-electron chi connectivity index (χ0n) is 13.0. The molecule has 1 aromatic heterocycles. The first-order chi connectivity index (χ1) is 10.0. The van der Waals surface area contributed by atoms with Crippen molar-refractivity contribution in [3.63, 3.8) is 0 Å². The van der Waals surface area contributed by atoms with Gasteiger partial charge in [-0.25, -0.2) is 13.1 Å². The molecule has 2 atom stereocenters. The normalized spacial score (nSPS) is 23.3. The minimum absolute atomic E-state index is 0.333. The first-order valence-electron chi connectivity index (χ1n) is 7.89. The molecule has 2 rings (SSSR count). The van der Waals surface area contributed by atoms with Gasteiger partial charge in [0.1, 0.15) is 0 Å². The van der Waals surface area contributed by atoms with Crippen molar-refractivity contribution in [2.75, 3.05) is 13.1 Å². The number of hydrogen-bond donors (Lipinski definition) is 3. The van der Waals surface area contributed by atoms with Crippen molar-refractivity contribution in [2.45, 2.75) is 51.0 Å². The lowest BCUT2D eigenvalue weighted by molar-refractivity contribution is 0.283. The number of sulfonamides is 1. The molecule has 1 aromatic rings. The van der Waals surface area contributed by atoms with E-state index in [1.54, 1.807) is 12.3 Å². The summed E-state index contributed by atoms with van der Waals surface area (Å²) in [5.74, 6) is 1.19. The van der Waals surface area contributed by atoms with Gasteiger partial charge in [-0.2, -0.15) is 0 Å². The van der Waals surface area contributed by atoms with Gasteiger partial charge >= 0.3 is 0 Å². The van der Waals surface area contributed by atoms with Gasteiger partial charge in [0.25, 0.3) is 0 Å². The summed E-state index contributed by atoms with van der Waals surface area (Å²) < 4.78 is 27.4. The maximum atomic E-state index is 12.3. The Kier molecular flexibility index (Phi) is 5.84. The van der Waals surface area contributed by atoms with Gasteiger partial charge in [0.2, 0.25) is 10.0 Å². The molecule has 0 amide bonds. The van der Waals surface area contributed by atoms with E-state index < -0.39 is 10.0 Å². The molecule has 3 N–H and O–H groups in total. The van der Waals surface area contributed by atoms with E-state index in [9.17, 15) is 8.42 Å². The van der Waals surface area contributed by atoms with E-state index in [2.05, 4.69) is 21.9 Å². The monoisotopic (exact) mass is 313 g/mol. The topological polar surface area (TPSA) is 74.0 Å². The van der Waals surface area contributed by atoms with Crippen LogP contribution in [0.15, 0.2) is 17.2 Å². The summed E-state index contributed by atoms with van der Waals surface area (Å²) in [6.45, 7) is 6.35. The molecule has 1 aliphatic rings. The van der Waals surface area contributed by atoms with Gasteiger partial charge in [-0.15, -0.1) is 0 Å². The summed E-state index contributed by atoms with van der Waals surface area (Å²) in [5, 5.41) is 3.17. The standard InChI is InChI=1S/C15H27N3O2S/c1-3-16-10-14-8-15(11-17-14)21(19,20)18-9-13-6-4-5-12(2)7-13/h8,11-13,16-18H,3-7,9-10H2,1-2H3. The molecule has 1 saturated carbocycles. The third kappa shape index (κ3) is 4.83. The highest BCUT2D eigenvalue weighted by molar-refractivity contribution is 7.89. The van der Waals surface area contributed by atoms with E-state index in [-0.39, 0.29) is 0 Å². The van der Waals surface area contributed by atoms with Crippen molar-refractivity contribution in [2.24, 2.45) is 11.8 Å². The Balaban J connectivity index is 1.90. The molecule has 0 radical (unpaired) electrons. The molecular formula is C15H27N3O2S. The minimum atomic E-state index is -3.39. The number of nitrogens with one attached hydrogen (secondary N) is 3. The molecule has 0 spiro atoms. The fourth-order valence-electron chi connectivity index (χ4n) is 2.99. The summed E-state index contributed by atoms with van der Waals surface area (Å²) in [6, 6.07) is 1.70. The zero-order chi connectivity index (χ0) is 15.3. The Morgan fingerprint density at radius 2 is 2.19 bits per heavy atom. The molecule has 2 unspecified atom stereocenters. The number of hydrogen-bond acceptors (Lipinski definition) is 3. The second kappa shape index (κ2) is 7.42. The van der Waals surface area contributed by atoms with Gasteiger partial charge in [0.05, 0.1) is 4.90 Å². The van der Waals surface area contributed by atoms with Gasteiger partial charge in [0.15, 0.2) is 0 Å². The molecule has 1 fully saturated rings. The fraction of sp³-hybridized carbons (Fsp3) is 0.733. The van der Waals surface area contributed by atoms with Crippen LogP contribution in [0.5, 0.6) is 0 Å². The van der Waals surface area contributed by atoms with Crippen molar-refractivity contribution >= 4 is 10.0 Å². The SMILES string of the molecule is CCNCc1cc(S(=O)(=O)NCC2CCCC(C)C2)c[nH]1. The van der Waals surface area contributed by atoms with E-state index in [0.717, 1.165) is 25.1 Å².